The van der Waals surface area contributed by atoms with Crippen LogP contribution < -0.4 is 11.1 Å². The summed E-state index contributed by atoms with van der Waals surface area (Å²) in [5, 5.41) is 11.9. The average molecular weight is 253 g/mol. The van der Waals surface area contributed by atoms with Gasteiger partial charge in [0.25, 0.3) is 0 Å². The highest BCUT2D eigenvalue weighted by atomic mass is 15.1. The molecule has 3 N–H and O–H groups in total. The van der Waals surface area contributed by atoms with Crippen molar-refractivity contribution in [2.45, 2.75) is 19.8 Å². The molecule has 2 aromatic rings. The van der Waals surface area contributed by atoms with Gasteiger partial charge in [-0.1, -0.05) is 13.8 Å². The molecule has 0 aliphatic heterocycles. The number of nitriles is 1. The van der Waals surface area contributed by atoms with E-state index in [1.807, 2.05) is 26.0 Å². The van der Waals surface area contributed by atoms with E-state index < -0.39 is 0 Å². The molecule has 0 radical (unpaired) electrons. The minimum Gasteiger partial charge on any atom is -0.384 e. The van der Waals surface area contributed by atoms with E-state index in [-0.39, 0.29) is 5.92 Å². The van der Waals surface area contributed by atoms with Gasteiger partial charge in [-0.2, -0.15) is 5.26 Å². The number of anilines is 3. The second-order valence-electron chi connectivity index (χ2n) is 4.51. The lowest BCUT2D eigenvalue weighted by Gasteiger charge is -2.10. The first kappa shape index (κ1) is 12.8. The van der Waals surface area contributed by atoms with Crippen LogP contribution in [0, 0.1) is 11.3 Å². The highest BCUT2D eigenvalue weighted by Crippen LogP contribution is 2.19. The summed E-state index contributed by atoms with van der Waals surface area (Å²) in [4.78, 5) is 8.59. The van der Waals surface area contributed by atoms with Crippen LogP contribution in [-0.4, -0.2) is 9.97 Å². The number of nitrogens with one attached hydrogen (secondary N) is 1. The number of nitrogen functional groups attached to an aromatic ring is 1. The van der Waals surface area contributed by atoms with E-state index >= 15 is 0 Å². The fourth-order valence-corrected chi connectivity index (χ4v) is 1.58. The Morgan fingerprint density at radius 3 is 2.47 bits per heavy atom. The molecular formula is C14H15N5. The molecule has 0 amide bonds. The lowest BCUT2D eigenvalue weighted by Crippen LogP contribution is -2.04. The molecule has 0 atom stereocenters. The molecule has 0 unspecified atom stereocenters. The first-order valence-corrected chi connectivity index (χ1v) is 6.00. The summed E-state index contributed by atoms with van der Waals surface area (Å²) in [6.07, 6.45) is 0. The van der Waals surface area contributed by atoms with Crippen molar-refractivity contribution in [3.63, 3.8) is 0 Å². The first-order valence-electron chi connectivity index (χ1n) is 6.00. The van der Waals surface area contributed by atoms with Crippen LogP contribution in [0.25, 0.3) is 0 Å². The SMILES string of the molecule is CC(C)c1nc(N)cc(Nc2ccc(C#N)cc2)n1. The third kappa shape index (κ3) is 3.19. The first-order chi connectivity index (χ1) is 9.08. The van der Waals surface area contributed by atoms with Crippen LogP contribution in [0.1, 0.15) is 31.2 Å². The summed E-state index contributed by atoms with van der Waals surface area (Å²) in [6.45, 7) is 4.03. The van der Waals surface area contributed by atoms with Crippen molar-refractivity contribution >= 4 is 17.3 Å². The fourth-order valence-electron chi connectivity index (χ4n) is 1.58. The third-order valence-electron chi connectivity index (χ3n) is 2.57. The number of hydrogen-bond acceptors (Lipinski definition) is 5. The molecule has 0 spiro atoms. The van der Waals surface area contributed by atoms with Gasteiger partial charge in [-0.3, -0.25) is 0 Å². The fraction of sp³-hybridized carbons (Fsp3) is 0.214. The lowest BCUT2D eigenvalue weighted by molar-refractivity contribution is 0.779. The van der Waals surface area contributed by atoms with Crippen LogP contribution in [0.4, 0.5) is 17.3 Å². The molecule has 1 aromatic heterocycles. The summed E-state index contributed by atoms with van der Waals surface area (Å²) < 4.78 is 0. The molecule has 0 aliphatic rings. The van der Waals surface area contributed by atoms with Gasteiger partial charge in [0, 0.05) is 17.7 Å². The van der Waals surface area contributed by atoms with Crippen LogP contribution in [0.15, 0.2) is 30.3 Å². The molecule has 0 saturated carbocycles. The van der Waals surface area contributed by atoms with E-state index in [1.165, 1.54) is 0 Å². The number of nitrogens with two attached hydrogens (primary N) is 1. The van der Waals surface area contributed by atoms with Crippen molar-refractivity contribution in [2.24, 2.45) is 0 Å². The van der Waals surface area contributed by atoms with E-state index in [1.54, 1.807) is 18.2 Å². The van der Waals surface area contributed by atoms with E-state index in [9.17, 15) is 0 Å². The zero-order valence-electron chi connectivity index (χ0n) is 10.9. The van der Waals surface area contributed by atoms with Gasteiger partial charge in [0.2, 0.25) is 0 Å². The normalized spacial score (nSPS) is 10.2. The maximum absolute atomic E-state index is 8.74. The summed E-state index contributed by atoms with van der Waals surface area (Å²) in [6, 6.07) is 10.9. The van der Waals surface area contributed by atoms with Crippen LogP contribution in [0.5, 0.6) is 0 Å². The molecule has 96 valence electrons. The van der Waals surface area contributed by atoms with Gasteiger partial charge >= 0.3 is 0 Å². The monoisotopic (exact) mass is 253 g/mol. The molecule has 1 heterocycles. The van der Waals surface area contributed by atoms with Crippen molar-refractivity contribution in [3.8, 4) is 6.07 Å². The van der Waals surface area contributed by atoms with Gasteiger partial charge in [0.15, 0.2) is 0 Å². The predicted molar refractivity (Wildman–Crippen MR) is 75.0 cm³/mol. The average Bonchev–Trinajstić information content (AvgIpc) is 2.39. The Kier molecular flexibility index (Phi) is 3.62. The Morgan fingerprint density at radius 2 is 1.89 bits per heavy atom. The molecule has 19 heavy (non-hydrogen) atoms. The Hall–Kier alpha value is -2.61. The Bertz CT molecular complexity index is 611. The van der Waals surface area contributed by atoms with E-state index in [0.717, 1.165) is 5.69 Å². The predicted octanol–water partition coefficient (Wildman–Crippen LogP) is 2.80. The van der Waals surface area contributed by atoms with Crippen molar-refractivity contribution in [2.75, 3.05) is 11.1 Å². The smallest absolute Gasteiger partial charge is 0.136 e. The minimum absolute atomic E-state index is 0.213. The van der Waals surface area contributed by atoms with Crippen LogP contribution in [0.2, 0.25) is 0 Å². The maximum Gasteiger partial charge on any atom is 0.136 e. The Morgan fingerprint density at radius 1 is 1.21 bits per heavy atom. The van der Waals surface area contributed by atoms with Crippen molar-refractivity contribution in [1.29, 1.82) is 5.26 Å². The third-order valence-corrected chi connectivity index (χ3v) is 2.57. The summed E-state index contributed by atoms with van der Waals surface area (Å²) >= 11 is 0. The number of benzene rings is 1. The number of nitrogens with zero attached hydrogens (tertiary/aromatic N) is 3. The maximum atomic E-state index is 8.74. The number of hydrogen-bond donors (Lipinski definition) is 2. The van der Waals surface area contributed by atoms with Crippen LogP contribution in [-0.2, 0) is 0 Å². The molecule has 0 saturated heterocycles. The second-order valence-corrected chi connectivity index (χ2v) is 4.51. The van der Waals surface area contributed by atoms with Gasteiger partial charge in [-0.05, 0) is 24.3 Å². The Labute approximate surface area is 112 Å². The Balaban J connectivity index is 2.25. The highest BCUT2D eigenvalue weighted by molar-refractivity contribution is 5.59. The second kappa shape index (κ2) is 5.36. The summed E-state index contributed by atoms with van der Waals surface area (Å²) in [5.74, 6) is 2.01. The topological polar surface area (TPSA) is 87.6 Å². The highest BCUT2D eigenvalue weighted by Gasteiger charge is 2.06. The molecule has 0 bridgehead atoms. The molecule has 0 aliphatic carbocycles. The molecule has 5 nitrogen and oxygen atoms in total. The molecule has 1 aromatic carbocycles. The van der Waals surface area contributed by atoms with Crippen LogP contribution >= 0.6 is 0 Å². The zero-order valence-corrected chi connectivity index (χ0v) is 10.9. The summed E-state index contributed by atoms with van der Waals surface area (Å²) in [5.41, 5.74) is 7.24. The minimum atomic E-state index is 0.213. The van der Waals surface area contributed by atoms with Gasteiger partial charge in [-0.15, -0.1) is 0 Å². The van der Waals surface area contributed by atoms with Crippen molar-refractivity contribution in [3.05, 3.63) is 41.7 Å². The quantitative estimate of drug-likeness (QED) is 0.878. The number of rotatable bonds is 3. The van der Waals surface area contributed by atoms with Crippen molar-refractivity contribution in [1.82, 2.24) is 9.97 Å². The van der Waals surface area contributed by atoms with E-state index in [0.29, 0.717) is 23.0 Å². The van der Waals surface area contributed by atoms with Crippen LogP contribution in [0.3, 0.4) is 0 Å². The van der Waals surface area contributed by atoms with E-state index in [4.69, 9.17) is 11.0 Å². The van der Waals surface area contributed by atoms with Crippen molar-refractivity contribution < 1.29 is 0 Å². The van der Waals surface area contributed by atoms with Gasteiger partial charge < -0.3 is 11.1 Å². The molecular weight excluding hydrogens is 238 g/mol. The number of aromatic nitrogens is 2. The lowest BCUT2D eigenvalue weighted by atomic mass is 10.2. The molecule has 0 fully saturated rings. The standard InChI is InChI=1S/C14H15N5/c1-9(2)14-18-12(16)7-13(19-14)17-11-5-3-10(8-15)4-6-11/h3-7,9H,1-2H3,(H3,16,17,18,19). The van der Waals surface area contributed by atoms with Gasteiger partial charge in [0.05, 0.1) is 11.6 Å². The van der Waals surface area contributed by atoms with E-state index in [2.05, 4.69) is 21.4 Å². The summed E-state index contributed by atoms with van der Waals surface area (Å²) in [7, 11) is 0. The molecule has 2 rings (SSSR count). The zero-order chi connectivity index (χ0) is 13.8. The van der Waals surface area contributed by atoms with Gasteiger partial charge in [-0.25, -0.2) is 9.97 Å². The molecule has 5 heteroatoms. The largest absolute Gasteiger partial charge is 0.384 e. The van der Waals surface area contributed by atoms with Gasteiger partial charge in [0.1, 0.15) is 17.5 Å².